The van der Waals surface area contributed by atoms with E-state index in [1.54, 1.807) is 26.2 Å². The highest BCUT2D eigenvalue weighted by molar-refractivity contribution is 9.10. The maximum Gasteiger partial charge on any atom is 0.135 e. The lowest BCUT2D eigenvalue weighted by molar-refractivity contribution is 0.200. The van der Waals surface area contributed by atoms with Crippen LogP contribution in [0.15, 0.2) is 16.6 Å². The lowest BCUT2D eigenvalue weighted by Crippen LogP contribution is -1.99. The first-order chi connectivity index (χ1) is 6.06. The van der Waals surface area contributed by atoms with Crippen LogP contribution in [-0.4, -0.2) is 12.2 Å². The third-order valence-electron chi connectivity index (χ3n) is 1.81. The van der Waals surface area contributed by atoms with E-state index >= 15 is 0 Å². The van der Waals surface area contributed by atoms with E-state index in [2.05, 4.69) is 15.9 Å². The number of methoxy groups -OCH3 is 1. The molecule has 0 aliphatic carbocycles. The minimum absolute atomic E-state index is 0.537. The third-order valence-corrected chi connectivity index (χ3v) is 2.43. The van der Waals surface area contributed by atoms with Crippen molar-refractivity contribution in [2.24, 2.45) is 0 Å². The highest BCUT2D eigenvalue weighted by Crippen LogP contribution is 2.32. The van der Waals surface area contributed by atoms with Crippen LogP contribution in [0.2, 0.25) is 0 Å². The van der Waals surface area contributed by atoms with Gasteiger partial charge in [-0.05, 0) is 28.9 Å². The molecule has 3 N–H and O–H groups in total. The Bertz CT molecular complexity index is 313. The molecular formula is C9H12BrNO2. The van der Waals surface area contributed by atoms with Gasteiger partial charge in [-0.25, -0.2) is 0 Å². The van der Waals surface area contributed by atoms with Crippen molar-refractivity contribution >= 4 is 21.6 Å². The second-order valence-corrected chi connectivity index (χ2v) is 3.65. The number of anilines is 1. The van der Waals surface area contributed by atoms with Gasteiger partial charge < -0.3 is 15.6 Å². The van der Waals surface area contributed by atoms with Crippen molar-refractivity contribution in [3.05, 3.63) is 22.2 Å². The van der Waals surface area contributed by atoms with Crippen LogP contribution in [0.5, 0.6) is 5.75 Å². The summed E-state index contributed by atoms with van der Waals surface area (Å²) in [7, 11) is 1.57. The van der Waals surface area contributed by atoms with Gasteiger partial charge in [-0.3, -0.25) is 0 Å². The molecule has 0 aliphatic heterocycles. The first-order valence-electron chi connectivity index (χ1n) is 3.87. The first kappa shape index (κ1) is 10.3. The number of nitrogen functional groups attached to an aromatic ring is 1. The summed E-state index contributed by atoms with van der Waals surface area (Å²) in [6.45, 7) is 1.67. The molecule has 1 aromatic rings. The van der Waals surface area contributed by atoms with E-state index < -0.39 is 6.10 Å². The molecule has 1 atom stereocenters. The van der Waals surface area contributed by atoms with Gasteiger partial charge in [0.15, 0.2) is 0 Å². The molecule has 1 aromatic carbocycles. The number of benzene rings is 1. The molecule has 13 heavy (non-hydrogen) atoms. The fourth-order valence-corrected chi connectivity index (χ4v) is 1.63. The average Bonchev–Trinajstić information content (AvgIpc) is 2.07. The number of halogens is 1. The van der Waals surface area contributed by atoms with Gasteiger partial charge in [-0.1, -0.05) is 0 Å². The fourth-order valence-electron chi connectivity index (χ4n) is 1.10. The average molecular weight is 246 g/mol. The molecule has 0 spiro atoms. The Kier molecular flexibility index (Phi) is 3.17. The van der Waals surface area contributed by atoms with E-state index in [1.807, 2.05) is 0 Å². The smallest absolute Gasteiger partial charge is 0.135 e. The van der Waals surface area contributed by atoms with Crippen LogP contribution < -0.4 is 10.5 Å². The fraction of sp³-hybridized carbons (Fsp3) is 0.333. The Morgan fingerprint density at radius 1 is 1.54 bits per heavy atom. The standard InChI is InChI=1S/C9H12BrNO2/c1-5(12)6-3-7(10)9(13-2)4-8(6)11/h3-5,12H,11H2,1-2H3. The molecule has 1 unspecified atom stereocenters. The summed E-state index contributed by atoms with van der Waals surface area (Å²) < 4.78 is 5.84. The van der Waals surface area contributed by atoms with E-state index in [9.17, 15) is 5.11 Å². The minimum atomic E-state index is -0.567. The maximum atomic E-state index is 9.35. The summed E-state index contributed by atoms with van der Waals surface area (Å²) >= 11 is 3.32. The largest absolute Gasteiger partial charge is 0.495 e. The van der Waals surface area contributed by atoms with Crippen molar-refractivity contribution in [3.63, 3.8) is 0 Å². The molecule has 0 saturated carbocycles. The molecular weight excluding hydrogens is 234 g/mol. The summed E-state index contributed by atoms with van der Waals surface area (Å²) in [4.78, 5) is 0. The normalized spacial score (nSPS) is 12.6. The second kappa shape index (κ2) is 3.98. The van der Waals surface area contributed by atoms with Gasteiger partial charge in [0.1, 0.15) is 5.75 Å². The molecule has 4 heteroatoms. The van der Waals surface area contributed by atoms with E-state index in [0.717, 1.165) is 4.47 Å². The quantitative estimate of drug-likeness (QED) is 0.785. The number of aliphatic hydroxyl groups is 1. The molecule has 0 saturated heterocycles. The molecule has 72 valence electrons. The number of nitrogens with two attached hydrogens (primary N) is 1. The summed E-state index contributed by atoms with van der Waals surface area (Å²) in [6, 6.07) is 3.45. The molecule has 0 amide bonds. The van der Waals surface area contributed by atoms with Crippen molar-refractivity contribution in [2.75, 3.05) is 12.8 Å². The number of aliphatic hydroxyl groups excluding tert-OH is 1. The van der Waals surface area contributed by atoms with Crippen molar-refractivity contribution in [1.82, 2.24) is 0 Å². The van der Waals surface area contributed by atoms with Crippen molar-refractivity contribution in [3.8, 4) is 5.75 Å². The highest BCUT2D eigenvalue weighted by Gasteiger charge is 2.09. The Balaban J connectivity index is 3.20. The zero-order valence-electron chi connectivity index (χ0n) is 7.54. The monoisotopic (exact) mass is 245 g/mol. The van der Waals surface area contributed by atoms with Gasteiger partial charge in [0.2, 0.25) is 0 Å². The van der Waals surface area contributed by atoms with Gasteiger partial charge in [-0.2, -0.15) is 0 Å². The van der Waals surface area contributed by atoms with Crippen LogP contribution in [0, 0.1) is 0 Å². The van der Waals surface area contributed by atoms with Crippen LogP contribution in [0.25, 0.3) is 0 Å². The van der Waals surface area contributed by atoms with Crippen LogP contribution >= 0.6 is 15.9 Å². The Morgan fingerprint density at radius 2 is 2.15 bits per heavy atom. The van der Waals surface area contributed by atoms with Gasteiger partial charge in [0, 0.05) is 17.3 Å². The molecule has 0 aromatic heterocycles. The van der Waals surface area contributed by atoms with E-state index in [1.165, 1.54) is 0 Å². The zero-order chi connectivity index (χ0) is 10.0. The summed E-state index contributed by atoms with van der Waals surface area (Å²) in [5.74, 6) is 0.668. The Hall–Kier alpha value is -0.740. The maximum absolute atomic E-state index is 9.35. The first-order valence-corrected chi connectivity index (χ1v) is 4.66. The van der Waals surface area contributed by atoms with Crippen molar-refractivity contribution < 1.29 is 9.84 Å². The number of hydrogen-bond donors (Lipinski definition) is 2. The SMILES string of the molecule is COc1cc(N)c(C(C)O)cc1Br. The van der Waals surface area contributed by atoms with Gasteiger partial charge in [0.05, 0.1) is 17.7 Å². The number of hydrogen-bond acceptors (Lipinski definition) is 3. The van der Waals surface area contributed by atoms with Crippen LogP contribution in [0.1, 0.15) is 18.6 Å². The van der Waals surface area contributed by atoms with Gasteiger partial charge in [0.25, 0.3) is 0 Å². The molecule has 0 bridgehead atoms. The zero-order valence-corrected chi connectivity index (χ0v) is 9.13. The van der Waals surface area contributed by atoms with E-state index in [-0.39, 0.29) is 0 Å². The lowest BCUT2D eigenvalue weighted by atomic mass is 10.1. The molecule has 0 heterocycles. The Labute approximate surface area is 85.6 Å². The van der Waals surface area contributed by atoms with Crippen molar-refractivity contribution in [1.29, 1.82) is 0 Å². The summed E-state index contributed by atoms with van der Waals surface area (Å²) in [5, 5.41) is 9.35. The number of rotatable bonds is 2. The lowest BCUT2D eigenvalue weighted by Gasteiger charge is -2.11. The predicted octanol–water partition coefficient (Wildman–Crippen LogP) is 2.09. The molecule has 0 aliphatic rings. The van der Waals surface area contributed by atoms with Gasteiger partial charge >= 0.3 is 0 Å². The topological polar surface area (TPSA) is 55.5 Å². The third kappa shape index (κ3) is 2.14. The van der Waals surface area contributed by atoms with Crippen LogP contribution in [0.4, 0.5) is 5.69 Å². The van der Waals surface area contributed by atoms with E-state index in [4.69, 9.17) is 10.5 Å². The summed E-state index contributed by atoms with van der Waals surface area (Å²) in [5.41, 5.74) is 6.94. The predicted molar refractivity (Wildman–Crippen MR) is 55.7 cm³/mol. The van der Waals surface area contributed by atoms with Crippen LogP contribution in [-0.2, 0) is 0 Å². The van der Waals surface area contributed by atoms with Crippen LogP contribution in [0.3, 0.4) is 0 Å². The summed E-state index contributed by atoms with van der Waals surface area (Å²) in [6.07, 6.45) is -0.567. The Morgan fingerprint density at radius 3 is 2.62 bits per heavy atom. The highest BCUT2D eigenvalue weighted by atomic mass is 79.9. The van der Waals surface area contributed by atoms with Gasteiger partial charge in [-0.15, -0.1) is 0 Å². The number of ether oxygens (including phenoxy) is 1. The van der Waals surface area contributed by atoms with Crippen molar-refractivity contribution in [2.45, 2.75) is 13.0 Å². The molecule has 3 nitrogen and oxygen atoms in total. The second-order valence-electron chi connectivity index (χ2n) is 2.79. The minimum Gasteiger partial charge on any atom is -0.495 e. The van der Waals surface area contributed by atoms with E-state index in [0.29, 0.717) is 17.0 Å². The molecule has 0 fully saturated rings. The molecule has 0 radical (unpaired) electrons. The molecule has 1 rings (SSSR count).